The normalized spacial score (nSPS) is 13.0. The minimum absolute atomic E-state index is 0.639. The first-order valence-electron chi connectivity index (χ1n) is 4.75. The molecule has 1 aliphatic rings. The zero-order valence-corrected chi connectivity index (χ0v) is 8.94. The van der Waals surface area contributed by atoms with Crippen molar-refractivity contribution in [2.24, 2.45) is 5.92 Å². The molecule has 0 fully saturated rings. The summed E-state index contributed by atoms with van der Waals surface area (Å²) in [5, 5.41) is 0. The van der Waals surface area contributed by atoms with Crippen molar-refractivity contribution in [1.82, 2.24) is 0 Å². The average molecular weight is 190 g/mol. The van der Waals surface area contributed by atoms with Crippen molar-refractivity contribution in [3.05, 3.63) is 48.6 Å². The molecular weight excluding hydrogens is 172 g/mol. The van der Waals surface area contributed by atoms with E-state index >= 15 is 0 Å². The fourth-order valence-electron chi connectivity index (χ4n) is 1.01. The van der Waals surface area contributed by atoms with E-state index in [-0.39, 0.29) is 0 Å². The molecule has 0 aromatic heterocycles. The molecule has 0 radical (unpaired) electrons. The van der Waals surface area contributed by atoms with E-state index in [1.165, 1.54) is 11.6 Å². The van der Waals surface area contributed by atoms with Crippen LogP contribution in [0, 0.1) is 5.92 Å². The summed E-state index contributed by atoms with van der Waals surface area (Å²) in [5.41, 5.74) is 1.41. The van der Waals surface area contributed by atoms with Gasteiger partial charge in [0, 0.05) is 0 Å². The molecule has 1 aliphatic carbocycles. The predicted molar refractivity (Wildman–Crippen MR) is 62.1 cm³/mol. The number of rotatable bonds is 3. The largest absolute Gasteiger partial charge is 0.299 e. The van der Waals surface area contributed by atoms with E-state index in [1.807, 2.05) is 0 Å². The van der Waals surface area contributed by atoms with Gasteiger partial charge in [-0.3, -0.25) is 4.79 Å². The molecule has 0 bridgehead atoms. The Labute approximate surface area is 86.5 Å². The summed E-state index contributed by atoms with van der Waals surface area (Å²) in [4.78, 5) is 9.06. The van der Waals surface area contributed by atoms with Gasteiger partial charge >= 0.3 is 0 Å². The Hall–Kier alpha value is -1.37. The Morgan fingerprint density at radius 3 is 2.21 bits per heavy atom. The third-order valence-corrected chi connectivity index (χ3v) is 1.72. The molecule has 0 saturated heterocycles. The van der Waals surface area contributed by atoms with Crippen molar-refractivity contribution >= 4 is 6.29 Å². The summed E-state index contributed by atoms with van der Waals surface area (Å²) in [6.45, 7) is 7.39. The molecule has 0 atom stereocenters. The van der Waals surface area contributed by atoms with E-state index in [0.29, 0.717) is 12.2 Å². The third kappa shape index (κ3) is 7.29. The molecule has 0 amide bonds. The number of allylic oxidation sites excluding steroid dienone is 7. The summed E-state index contributed by atoms with van der Waals surface area (Å²) < 4.78 is 0. The molecule has 1 rings (SSSR count). The SMILES string of the molecule is C=CC=O.CC(C)=CCC1C=CC=C1. The van der Waals surface area contributed by atoms with Gasteiger partial charge in [0.15, 0.2) is 0 Å². The second-order valence-electron chi connectivity index (χ2n) is 3.32. The number of aldehydes is 1. The molecule has 14 heavy (non-hydrogen) atoms. The molecule has 0 spiro atoms. The minimum atomic E-state index is 0.639. The molecule has 0 aromatic rings. The van der Waals surface area contributed by atoms with Gasteiger partial charge in [-0.25, -0.2) is 0 Å². The minimum Gasteiger partial charge on any atom is -0.299 e. The van der Waals surface area contributed by atoms with Gasteiger partial charge in [0.05, 0.1) is 0 Å². The molecule has 0 heterocycles. The molecule has 0 saturated carbocycles. The highest BCUT2D eigenvalue weighted by Gasteiger charge is 1.99. The molecule has 0 N–H and O–H groups in total. The molecular formula is C13H18O. The molecule has 0 unspecified atom stereocenters. The summed E-state index contributed by atoms with van der Waals surface area (Å²) in [6, 6.07) is 0. The van der Waals surface area contributed by atoms with Crippen LogP contribution in [0.2, 0.25) is 0 Å². The quantitative estimate of drug-likeness (QED) is 0.378. The smallest absolute Gasteiger partial charge is 0.142 e. The van der Waals surface area contributed by atoms with Crippen LogP contribution in [0.4, 0.5) is 0 Å². The van der Waals surface area contributed by atoms with Crippen LogP contribution in [0.1, 0.15) is 20.3 Å². The number of hydrogen-bond donors (Lipinski definition) is 0. The summed E-state index contributed by atoms with van der Waals surface area (Å²) in [5.74, 6) is 0.662. The molecule has 76 valence electrons. The predicted octanol–water partition coefficient (Wildman–Crippen LogP) is 3.46. The fourth-order valence-corrected chi connectivity index (χ4v) is 1.01. The Kier molecular flexibility index (Phi) is 7.43. The lowest BCUT2D eigenvalue weighted by Crippen LogP contribution is -1.85. The van der Waals surface area contributed by atoms with Gasteiger partial charge < -0.3 is 0 Å². The van der Waals surface area contributed by atoms with Crippen molar-refractivity contribution < 1.29 is 4.79 Å². The van der Waals surface area contributed by atoms with Crippen LogP contribution in [-0.2, 0) is 4.79 Å². The van der Waals surface area contributed by atoms with Crippen LogP contribution >= 0.6 is 0 Å². The Morgan fingerprint density at radius 2 is 1.86 bits per heavy atom. The lowest BCUT2D eigenvalue weighted by Gasteiger charge is -1.98. The highest BCUT2D eigenvalue weighted by atomic mass is 16.1. The first-order valence-corrected chi connectivity index (χ1v) is 4.75. The van der Waals surface area contributed by atoms with Gasteiger partial charge in [-0.05, 0) is 32.3 Å². The van der Waals surface area contributed by atoms with E-state index in [4.69, 9.17) is 4.79 Å². The van der Waals surface area contributed by atoms with Crippen LogP contribution in [0.15, 0.2) is 48.6 Å². The van der Waals surface area contributed by atoms with Gasteiger partial charge in [-0.2, -0.15) is 0 Å². The molecule has 0 aliphatic heterocycles. The molecule has 1 nitrogen and oxygen atoms in total. The van der Waals surface area contributed by atoms with Crippen LogP contribution < -0.4 is 0 Å². The van der Waals surface area contributed by atoms with Crippen molar-refractivity contribution in [3.8, 4) is 0 Å². The van der Waals surface area contributed by atoms with Crippen LogP contribution in [0.3, 0.4) is 0 Å². The van der Waals surface area contributed by atoms with E-state index in [2.05, 4.69) is 50.8 Å². The monoisotopic (exact) mass is 190 g/mol. The van der Waals surface area contributed by atoms with Gasteiger partial charge in [0.1, 0.15) is 6.29 Å². The second-order valence-corrected chi connectivity index (χ2v) is 3.32. The number of hydrogen-bond acceptors (Lipinski definition) is 1. The zero-order valence-electron chi connectivity index (χ0n) is 8.94. The van der Waals surface area contributed by atoms with E-state index in [0.717, 1.165) is 6.42 Å². The summed E-state index contributed by atoms with van der Waals surface area (Å²) in [7, 11) is 0. The average Bonchev–Trinajstić information content (AvgIpc) is 2.67. The second kappa shape index (κ2) is 8.24. The van der Waals surface area contributed by atoms with Crippen LogP contribution in [-0.4, -0.2) is 6.29 Å². The maximum absolute atomic E-state index is 9.06. The first-order chi connectivity index (χ1) is 6.70. The lowest BCUT2D eigenvalue weighted by atomic mass is 10.1. The van der Waals surface area contributed by atoms with Crippen molar-refractivity contribution in [2.75, 3.05) is 0 Å². The maximum atomic E-state index is 9.06. The summed E-state index contributed by atoms with van der Waals surface area (Å²) >= 11 is 0. The molecule has 1 heteroatoms. The molecule has 0 aromatic carbocycles. The highest BCUT2D eigenvalue weighted by molar-refractivity contribution is 5.63. The standard InChI is InChI=1S/C10H14.C3H4O/c1-9(2)7-8-10-5-3-4-6-10;1-2-3-4/h3-7,10H,8H2,1-2H3;2-3H,1H2. The Morgan fingerprint density at radius 1 is 1.36 bits per heavy atom. The maximum Gasteiger partial charge on any atom is 0.142 e. The fraction of sp³-hybridized carbons (Fsp3) is 0.308. The summed E-state index contributed by atoms with van der Waals surface area (Å²) in [6.07, 6.45) is 14.0. The highest BCUT2D eigenvalue weighted by Crippen LogP contribution is 2.14. The van der Waals surface area contributed by atoms with Gasteiger partial charge in [-0.15, -0.1) is 0 Å². The van der Waals surface area contributed by atoms with Gasteiger partial charge in [-0.1, -0.05) is 42.5 Å². The van der Waals surface area contributed by atoms with Crippen LogP contribution in [0.25, 0.3) is 0 Å². The van der Waals surface area contributed by atoms with Crippen molar-refractivity contribution in [3.63, 3.8) is 0 Å². The van der Waals surface area contributed by atoms with E-state index in [9.17, 15) is 0 Å². The third-order valence-electron chi connectivity index (χ3n) is 1.72. The Bertz CT molecular complexity index is 234. The number of carbonyl (C=O) groups excluding carboxylic acids is 1. The van der Waals surface area contributed by atoms with E-state index in [1.54, 1.807) is 0 Å². The van der Waals surface area contributed by atoms with Gasteiger partial charge in [0.25, 0.3) is 0 Å². The van der Waals surface area contributed by atoms with Gasteiger partial charge in [0.2, 0.25) is 0 Å². The topological polar surface area (TPSA) is 17.1 Å². The zero-order chi connectivity index (χ0) is 10.8. The van der Waals surface area contributed by atoms with Crippen molar-refractivity contribution in [1.29, 1.82) is 0 Å². The van der Waals surface area contributed by atoms with Crippen molar-refractivity contribution in [2.45, 2.75) is 20.3 Å². The van der Waals surface area contributed by atoms with E-state index < -0.39 is 0 Å². The lowest BCUT2D eigenvalue weighted by molar-refractivity contribution is -0.104. The number of carbonyl (C=O) groups is 1. The Balaban J connectivity index is 0.000000364. The first kappa shape index (κ1) is 12.6. The van der Waals surface area contributed by atoms with Crippen LogP contribution in [0.5, 0.6) is 0 Å².